The van der Waals surface area contributed by atoms with Crippen LogP contribution in [0.1, 0.15) is 13.3 Å². The first-order valence-corrected chi connectivity index (χ1v) is 12.3. The summed E-state index contributed by atoms with van der Waals surface area (Å²) in [4.78, 5) is 12.3. The maximum absolute atomic E-state index is 12.3. The smallest absolute Gasteiger partial charge is 0.246 e. The lowest BCUT2D eigenvalue weighted by atomic mass is 10.3. The molecule has 0 radical (unpaired) electrons. The van der Waals surface area contributed by atoms with Crippen LogP contribution in [-0.4, -0.2) is 43.1 Å². The van der Waals surface area contributed by atoms with E-state index in [9.17, 15) is 13.2 Å². The lowest BCUT2D eigenvalue weighted by Gasteiger charge is -2.23. The van der Waals surface area contributed by atoms with Gasteiger partial charge in [0.25, 0.3) is 0 Å². The van der Waals surface area contributed by atoms with Crippen LogP contribution in [0.25, 0.3) is 0 Å². The summed E-state index contributed by atoms with van der Waals surface area (Å²) in [7, 11) is -3.81. The van der Waals surface area contributed by atoms with E-state index in [1.54, 1.807) is 0 Å². The molecular formula is C14H15Cl3N4O3S3. The quantitative estimate of drug-likeness (QED) is 0.335. The van der Waals surface area contributed by atoms with Gasteiger partial charge in [0.15, 0.2) is 4.34 Å². The molecule has 1 aromatic heterocycles. The third-order valence-electron chi connectivity index (χ3n) is 3.03. The van der Waals surface area contributed by atoms with Crippen molar-refractivity contribution in [2.24, 2.45) is 0 Å². The van der Waals surface area contributed by atoms with E-state index in [1.807, 2.05) is 6.92 Å². The van der Waals surface area contributed by atoms with E-state index in [1.165, 1.54) is 35.2 Å². The predicted molar refractivity (Wildman–Crippen MR) is 113 cm³/mol. The minimum atomic E-state index is -3.81. The average molecular weight is 490 g/mol. The highest BCUT2D eigenvalue weighted by Gasteiger charge is 2.24. The molecule has 0 unspecified atom stereocenters. The van der Waals surface area contributed by atoms with E-state index >= 15 is 0 Å². The topological polar surface area (TPSA) is 92.3 Å². The Kier molecular flexibility index (Phi) is 8.02. The summed E-state index contributed by atoms with van der Waals surface area (Å²) in [5.74, 6) is 0.297. The molecule has 1 N–H and O–H groups in total. The molecule has 0 saturated heterocycles. The molecule has 148 valence electrons. The van der Waals surface area contributed by atoms with Gasteiger partial charge in [-0.3, -0.25) is 14.4 Å². The first kappa shape index (κ1) is 22.5. The maximum atomic E-state index is 12.3. The SMILES string of the molecule is CCCSc1nnc(NC(=O)CN(c2cc(Cl)c(Cl)cc2Cl)S(C)(=O)=O)s1. The Hall–Kier alpha value is -0.780. The van der Waals surface area contributed by atoms with Gasteiger partial charge in [0.05, 0.1) is 27.0 Å². The van der Waals surface area contributed by atoms with Crippen molar-refractivity contribution in [1.82, 2.24) is 10.2 Å². The van der Waals surface area contributed by atoms with Crippen LogP contribution < -0.4 is 9.62 Å². The molecule has 0 aliphatic heterocycles. The number of nitrogens with zero attached hydrogens (tertiary/aromatic N) is 3. The summed E-state index contributed by atoms with van der Waals surface area (Å²) in [5, 5.41) is 11.0. The van der Waals surface area contributed by atoms with E-state index in [2.05, 4.69) is 15.5 Å². The van der Waals surface area contributed by atoms with Crippen LogP contribution >= 0.6 is 57.9 Å². The van der Waals surface area contributed by atoms with Crippen LogP contribution in [0, 0.1) is 0 Å². The minimum Gasteiger partial charge on any atom is -0.299 e. The summed E-state index contributed by atoms with van der Waals surface area (Å²) in [6.45, 7) is 1.54. The normalized spacial score (nSPS) is 11.4. The molecule has 0 aliphatic rings. The van der Waals surface area contributed by atoms with Gasteiger partial charge in [0, 0.05) is 5.75 Å². The molecule has 2 aromatic rings. The second kappa shape index (κ2) is 9.62. The fourth-order valence-electron chi connectivity index (χ4n) is 1.88. The number of anilines is 2. The van der Waals surface area contributed by atoms with Crippen LogP contribution in [0.3, 0.4) is 0 Å². The molecule has 7 nitrogen and oxygen atoms in total. The van der Waals surface area contributed by atoms with Crippen molar-refractivity contribution in [1.29, 1.82) is 0 Å². The van der Waals surface area contributed by atoms with Crippen LogP contribution in [0.4, 0.5) is 10.8 Å². The number of carbonyl (C=O) groups excluding carboxylic acids is 1. The number of halogens is 3. The number of benzene rings is 1. The van der Waals surface area contributed by atoms with Crippen LogP contribution in [-0.2, 0) is 14.8 Å². The van der Waals surface area contributed by atoms with E-state index in [-0.39, 0.29) is 25.9 Å². The monoisotopic (exact) mass is 488 g/mol. The molecule has 1 heterocycles. The molecule has 0 bridgehead atoms. The maximum Gasteiger partial charge on any atom is 0.246 e. The fraction of sp³-hybridized carbons (Fsp3) is 0.357. The van der Waals surface area contributed by atoms with Crippen molar-refractivity contribution in [2.45, 2.75) is 17.7 Å². The zero-order valence-electron chi connectivity index (χ0n) is 14.2. The number of hydrogen-bond donors (Lipinski definition) is 1. The Bertz CT molecular complexity index is 937. The second-order valence-electron chi connectivity index (χ2n) is 5.26. The molecular weight excluding hydrogens is 475 g/mol. The van der Waals surface area contributed by atoms with Crippen molar-refractivity contribution in [3.63, 3.8) is 0 Å². The zero-order valence-corrected chi connectivity index (χ0v) is 18.9. The van der Waals surface area contributed by atoms with Crippen LogP contribution in [0.2, 0.25) is 15.1 Å². The van der Waals surface area contributed by atoms with Crippen molar-refractivity contribution >= 4 is 84.7 Å². The molecule has 0 saturated carbocycles. The fourth-order valence-corrected chi connectivity index (χ4v) is 5.13. The number of rotatable bonds is 8. The Morgan fingerprint density at radius 1 is 1.22 bits per heavy atom. The number of nitrogens with one attached hydrogen (secondary N) is 1. The first-order valence-electron chi connectivity index (χ1n) is 7.50. The third kappa shape index (κ3) is 6.37. The highest BCUT2D eigenvalue weighted by atomic mass is 35.5. The number of aromatic nitrogens is 2. The molecule has 1 amide bonds. The van der Waals surface area contributed by atoms with Crippen molar-refractivity contribution < 1.29 is 13.2 Å². The largest absolute Gasteiger partial charge is 0.299 e. The first-order chi connectivity index (χ1) is 12.6. The van der Waals surface area contributed by atoms with E-state index < -0.39 is 22.5 Å². The lowest BCUT2D eigenvalue weighted by molar-refractivity contribution is -0.114. The van der Waals surface area contributed by atoms with Gasteiger partial charge in [-0.05, 0) is 18.6 Å². The van der Waals surface area contributed by atoms with Gasteiger partial charge >= 0.3 is 0 Å². The number of carbonyl (C=O) groups is 1. The van der Waals surface area contributed by atoms with Crippen LogP contribution in [0.15, 0.2) is 16.5 Å². The van der Waals surface area contributed by atoms with Crippen LogP contribution in [0.5, 0.6) is 0 Å². The molecule has 0 fully saturated rings. The van der Waals surface area contributed by atoms with Gasteiger partial charge in [-0.15, -0.1) is 10.2 Å². The number of hydrogen-bond acceptors (Lipinski definition) is 7. The van der Waals surface area contributed by atoms with E-state index in [4.69, 9.17) is 34.8 Å². The number of thioether (sulfide) groups is 1. The summed E-state index contributed by atoms with van der Waals surface area (Å²) >= 11 is 20.7. The molecule has 13 heteroatoms. The van der Waals surface area contributed by atoms with Gasteiger partial charge in [-0.1, -0.05) is 64.8 Å². The standard InChI is InChI=1S/C14H15Cl3N4O3S3/c1-3-4-25-14-20-19-13(26-14)18-12(22)7-21(27(2,23)24)11-6-9(16)8(15)5-10(11)17/h5-6H,3-4,7H2,1-2H3,(H,18,19,22). The van der Waals surface area contributed by atoms with Crippen molar-refractivity contribution in [3.8, 4) is 0 Å². The molecule has 0 spiro atoms. The predicted octanol–water partition coefficient (Wildman–Crippen LogP) is 4.41. The van der Waals surface area contributed by atoms with Gasteiger partial charge in [0.1, 0.15) is 6.54 Å². The average Bonchev–Trinajstić information content (AvgIpc) is 3.00. The molecule has 2 rings (SSSR count). The highest BCUT2D eigenvalue weighted by molar-refractivity contribution is 8.01. The zero-order chi connectivity index (χ0) is 20.2. The third-order valence-corrected chi connectivity index (χ3v) is 7.36. The summed E-state index contributed by atoms with van der Waals surface area (Å²) < 4.78 is 25.9. The summed E-state index contributed by atoms with van der Waals surface area (Å²) in [5.41, 5.74) is 0.0557. The number of amides is 1. The van der Waals surface area contributed by atoms with E-state index in [0.717, 1.165) is 27.1 Å². The summed E-state index contributed by atoms with van der Waals surface area (Å²) in [6.07, 6.45) is 1.95. The van der Waals surface area contributed by atoms with Gasteiger partial charge in [0.2, 0.25) is 21.1 Å². The molecule has 0 atom stereocenters. The highest BCUT2D eigenvalue weighted by Crippen LogP contribution is 2.35. The van der Waals surface area contributed by atoms with Gasteiger partial charge in [-0.2, -0.15) is 0 Å². The van der Waals surface area contributed by atoms with E-state index in [0.29, 0.717) is 0 Å². The van der Waals surface area contributed by atoms with Gasteiger partial charge in [-0.25, -0.2) is 8.42 Å². The minimum absolute atomic E-state index is 0.0526. The Morgan fingerprint density at radius 3 is 2.52 bits per heavy atom. The van der Waals surface area contributed by atoms with Gasteiger partial charge < -0.3 is 0 Å². The Labute approximate surface area is 180 Å². The Morgan fingerprint density at radius 2 is 1.89 bits per heavy atom. The Balaban J connectivity index is 2.18. The number of sulfonamides is 1. The van der Waals surface area contributed by atoms with Crippen molar-refractivity contribution in [2.75, 3.05) is 28.2 Å². The lowest BCUT2D eigenvalue weighted by Crippen LogP contribution is -2.37. The van der Waals surface area contributed by atoms with Crippen molar-refractivity contribution in [3.05, 3.63) is 27.2 Å². The second-order valence-corrected chi connectivity index (χ2v) is 10.7. The molecule has 0 aliphatic carbocycles. The summed E-state index contributed by atoms with van der Waals surface area (Å²) in [6, 6.07) is 2.61. The molecule has 1 aromatic carbocycles. The molecule has 27 heavy (non-hydrogen) atoms.